The van der Waals surface area contributed by atoms with E-state index in [1.54, 1.807) is 0 Å². The maximum absolute atomic E-state index is 12.3. The van der Waals surface area contributed by atoms with Crippen molar-refractivity contribution in [1.82, 2.24) is 10.2 Å². The molecule has 2 aliphatic rings. The molecular formula is C15H28N2O. The number of carbonyl (C=O) groups is 1. The zero-order chi connectivity index (χ0) is 13.1. The number of nitrogens with one attached hydrogen (secondary N) is 1. The van der Waals surface area contributed by atoms with Gasteiger partial charge in [-0.25, -0.2) is 0 Å². The first-order valence-corrected chi connectivity index (χ1v) is 7.56. The monoisotopic (exact) mass is 252 g/mol. The summed E-state index contributed by atoms with van der Waals surface area (Å²) in [5.41, 5.74) is 0. The molecule has 0 aromatic carbocycles. The van der Waals surface area contributed by atoms with E-state index in [2.05, 4.69) is 19.2 Å². The third-order valence-corrected chi connectivity index (χ3v) is 4.94. The number of carbonyl (C=O) groups excluding carboxylic acids is 1. The van der Waals surface area contributed by atoms with Crippen LogP contribution >= 0.6 is 0 Å². The highest BCUT2D eigenvalue weighted by Gasteiger charge is 2.33. The lowest BCUT2D eigenvalue weighted by Gasteiger charge is -2.31. The van der Waals surface area contributed by atoms with E-state index in [1.807, 2.05) is 11.9 Å². The smallest absolute Gasteiger partial charge is 0.222 e. The molecule has 0 radical (unpaired) electrons. The van der Waals surface area contributed by atoms with Crippen LogP contribution in [0.2, 0.25) is 0 Å². The molecule has 1 saturated heterocycles. The first-order valence-electron chi connectivity index (χ1n) is 7.56. The van der Waals surface area contributed by atoms with Gasteiger partial charge in [-0.15, -0.1) is 0 Å². The molecule has 3 unspecified atom stereocenters. The molecule has 18 heavy (non-hydrogen) atoms. The quantitative estimate of drug-likeness (QED) is 0.814. The van der Waals surface area contributed by atoms with E-state index in [0.29, 0.717) is 23.8 Å². The molecule has 3 atom stereocenters. The first-order chi connectivity index (χ1) is 8.59. The lowest BCUT2D eigenvalue weighted by molar-refractivity contribution is -0.133. The van der Waals surface area contributed by atoms with Crippen molar-refractivity contribution in [2.75, 3.05) is 20.1 Å². The SMILES string of the molecule is CC(CC(=O)N(C)C(C)C1CC1)C1CCCNC1. The number of nitrogens with zero attached hydrogens (tertiary/aromatic N) is 1. The van der Waals surface area contributed by atoms with Crippen molar-refractivity contribution in [2.45, 2.75) is 52.0 Å². The van der Waals surface area contributed by atoms with Gasteiger partial charge in [-0.2, -0.15) is 0 Å². The molecule has 0 aromatic heterocycles. The summed E-state index contributed by atoms with van der Waals surface area (Å²) >= 11 is 0. The van der Waals surface area contributed by atoms with Crippen LogP contribution < -0.4 is 5.32 Å². The van der Waals surface area contributed by atoms with Gasteiger partial charge in [-0.1, -0.05) is 6.92 Å². The van der Waals surface area contributed by atoms with Crippen LogP contribution in [0.4, 0.5) is 0 Å². The number of hydrogen-bond donors (Lipinski definition) is 1. The predicted octanol–water partition coefficient (Wildman–Crippen LogP) is 2.27. The summed E-state index contributed by atoms with van der Waals surface area (Å²) in [4.78, 5) is 14.3. The second-order valence-corrected chi connectivity index (χ2v) is 6.37. The van der Waals surface area contributed by atoms with Gasteiger partial charge < -0.3 is 10.2 Å². The van der Waals surface area contributed by atoms with Gasteiger partial charge in [0.25, 0.3) is 0 Å². The van der Waals surface area contributed by atoms with Gasteiger partial charge in [-0.3, -0.25) is 4.79 Å². The van der Waals surface area contributed by atoms with E-state index >= 15 is 0 Å². The van der Waals surface area contributed by atoms with Gasteiger partial charge in [0, 0.05) is 19.5 Å². The molecule has 1 amide bonds. The van der Waals surface area contributed by atoms with Gasteiger partial charge in [0.2, 0.25) is 5.91 Å². The second-order valence-electron chi connectivity index (χ2n) is 6.37. The lowest BCUT2D eigenvalue weighted by Crippen LogP contribution is -2.39. The molecular weight excluding hydrogens is 224 g/mol. The van der Waals surface area contributed by atoms with E-state index in [-0.39, 0.29) is 0 Å². The van der Waals surface area contributed by atoms with Crippen molar-refractivity contribution in [3.8, 4) is 0 Å². The first kappa shape index (κ1) is 13.9. The summed E-state index contributed by atoms with van der Waals surface area (Å²) in [7, 11) is 1.98. The highest BCUT2D eigenvalue weighted by Crippen LogP contribution is 2.35. The maximum atomic E-state index is 12.3. The van der Waals surface area contributed by atoms with Crippen molar-refractivity contribution < 1.29 is 4.79 Å². The van der Waals surface area contributed by atoms with E-state index in [1.165, 1.54) is 25.7 Å². The van der Waals surface area contributed by atoms with Crippen LogP contribution in [0.5, 0.6) is 0 Å². The summed E-state index contributed by atoms with van der Waals surface area (Å²) < 4.78 is 0. The van der Waals surface area contributed by atoms with Crippen LogP contribution in [-0.4, -0.2) is 37.0 Å². The van der Waals surface area contributed by atoms with Crippen LogP contribution in [0.25, 0.3) is 0 Å². The number of hydrogen-bond acceptors (Lipinski definition) is 2. The summed E-state index contributed by atoms with van der Waals surface area (Å²) in [5.74, 6) is 2.31. The van der Waals surface area contributed by atoms with Gasteiger partial charge in [0.15, 0.2) is 0 Å². The standard InChI is InChI=1S/C15H28N2O/c1-11(14-5-4-8-16-10-14)9-15(18)17(3)12(2)13-6-7-13/h11-14,16H,4-10H2,1-3H3. The van der Waals surface area contributed by atoms with Crippen LogP contribution in [-0.2, 0) is 4.79 Å². The van der Waals surface area contributed by atoms with Crippen molar-refractivity contribution in [1.29, 1.82) is 0 Å². The zero-order valence-corrected chi connectivity index (χ0v) is 12.1. The minimum absolute atomic E-state index is 0.340. The van der Waals surface area contributed by atoms with E-state index in [4.69, 9.17) is 0 Å². The third kappa shape index (κ3) is 3.47. The average Bonchev–Trinajstić information content (AvgIpc) is 3.22. The Morgan fingerprint density at radius 2 is 2.00 bits per heavy atom. The Morgan fingerprint density at radius 3 is 2.56 bits per heavy atom. The fourth-order valence-electron chi connectivity index (χ4n) is 3.07. The van der Waals surface area contributed by atoms with Crippen molar-refractivity contribution in [3.05, 3.63) is 0 Å². The lowest BCUT2D eigenvalue weighted by atomic mass is 9.85. The Hall–Kier alpha value is -0.570. The largest absolute Gasteiger partial charge is 0.343 e. The number of amides is 1. The van der Waals surface area contributed by atoms with Gasteiger partial charge in [0.05, 0.1) is 0 Å². The summed E-state index contributed by atoms with van der Waals surface area (Å²) in [6, 6.07) is 0.439. The van der Waals surface area contributed by atoms with Crippen LogP contribution in [0.3, 0.4) is 0 Å². The zero-order valence-electron chi connectivity index (χ0n) is 12.1. The molecule has 1 saturated carbocycles. The topological polar surface area (TPSA) is 32.3 Å². The average molecular weight is 252 g/mol. The van der Waals surface area contributed by atoms with Crippen LogP contribution in [0.1, 0.15) is 46.0 Å². The minimum Gasteiger partial charge on any atom is -0.343 e. The molecule has 1 N–H and O–H groups in total. The van der Waals surface area contributed by atoms with Crippen LogP contribution in [0, 0.1) is 17.8 Å². The number of rotatable bonds is 5. The third-order valence-electron chi connectivity index (χ3n) is 4.94. The Balaban J connectivity index is 1.78. The molecule has 0 bridgehead atoms. The van der Waals surface area contributed by atoms with Gasteiger partial charge in [0.1, 0.15) is 0 Å². The molecule has 1 heterocycles. The minimum atomic E-state index is 0.340. The molecule has 3 nitrogen and oxygen atoms in total. The molecule has 1 aliphatic heterocycles. The Bertz CT molecular complexity index is 282. The highest BCUT2D eigenvalue weighted by atomic mass is 16.2. The normalized spacial score (nSPS) is 27.6. The van der Waals surface area contributed by atoms with Gasteiger partial charge in [-0.05, 0) is 63.5 Å². The maximum Gasteiger partial charge on any atom is 0.222 e. The molecule has 2 rings (SSSR count). The Labute approximate surface area is 111 Å². The van der Waals surface area contributed by atoms with Crippen molar-refractivity contribution >= 4 is 5.91 Å². The van der Waals surface area contributed by atoms with Crippen molar-refractivity contribution in [2.24, 2.45) is 17.8 Å². The summed E-state index contributed by atoms with van der Waals surface area (Å²) in [6.45, 7) is 6.68. The van der Waals surface area contributed by atoms with Crippen molar-refractivity contribution in [3.63, 3.8) is 0 Å². The molecule has 2 fully saturated rings. The van der Waals surface area contributed by atoms with E-state index in [0.717, 1.165) is 25.4 Å². The molecule has 3 heteroatoms. The number of piperidine rings is 1. The molecule has 0 aromatic rings. The fourth-order valence-corrected chi connectivity index (χ4v) is 3.07. The Kier molecular flexibility index (Phi) is 4.66. The van der Waals surface area contributed by atoms with E-state index < -0.39 is 0 Å². The summed E-state index contributed by atoms with van der Waals surface area (Å²) in [6.07, 6.45) is 5.88. The summed E-state index contributed by atoms with van der Waals surface area (Å²) in [5, 5.41) is 3.44. The second kappa shape index (κ2) is 6.05. The van der Waals surface area contributed by atoms with Gasteiger partial charge >= 0.3 is 0 Å². The molecule has 104 valence electrons. The van der Waals surface area contributed by atoms with Crippen LogP contribution in [0.15, 0.2) is 0 Å². The Morgan fingerprint density at radius 1 is 1.28 bits per heavy atom. The fraction of sp³-hybridized carbons (Fsp3) is 0.933. The van der Waals surface area contributed by atoms with E-state index in [9.17, 15) is 4.79 Å². The molecule has 0 spiro atoms. The molecule has 1 aliphatic carbocycles. The highest BCUT2D eigenvalue weighted by molar-refractivity contribution is 5.76. The predicted molar refractivity (Wildman–Crippen MR) is 74.3 cm³/mol.